The third-order valence-corrected chi connectivity index (χ3v) is 2.64. The van der Waals surface area contributed by atoms with Crippen LogP contribution < -0.4 is 5.32 Å². The van der Waals surface area contributed by atoms with E-state index in [0.29, 0.717) is 18.8 Å². The second-order valence-corrected chi connectivity index (χ2v) is 3.99. The Labute approximate surface area is 104 Å². The molecule has 0 saturated carbocycles. The Hall–Kier alpha value is -2.17. The number of carbonyl (C=O) groups excluding carboxylic acids is 1. The molecule has 1 heterocycles. The summed E-state index contributed by atoms with van der Waals surface area (Å²) in [4.78, 5) is 15.7. The molecule has 1 amide bonds. The molecule has 18 heavy (non-hydrogen) atoms. The summed E-state index contributed by atoms with van der Waals surface area (Å²) in [5, 5.41) is 2.77. The Kier molecular flexibility index (Phi) is 3.72. The Morgan fingerprint density at radius 2 is 2.11 bits per heavy atom. The van der Waals surface area contributed by atoms with Gasteiger partial charge in [0.1, 0.15) is 5.82 Å². The molecule has 0 fully saturated rings. The van der Waals surface area contributed by atoms with Crippen molar-refractivity contribution in [1.82, 2.24) is 14.9 Å². The summed E-state index contributed by atoms with van der Waals surface area (Å²) in [5.41, 5.74) is 0.983. The smallest absolute Gasteiger partial charge is 0.287 e. The van der Waals surface area contributed by atoms with Crippen LogP contribution >= 0.6 is 0 Å². The van der Waals surface area contributed by atoms with Crippen LogP contribution in [-0.2, 0) is 13.5 Å². The zero-order valence-electron chi connectivity index (χ0n) is 10.1. The van der Waals surface area contributed by atoms with Crippen molar-refractivity contribution in [3.05, 3.63) is 53.9 Å². The lowest BCUT2D eigenvalue weighted by Crippen LogP contribution is -2.28. The van der Waals surface area contributed by atoms with Gasteiger partial charge < -0.3 is 9.88 Å². The van der Waals surface area contributed by atoms with Gasteiger partial charge in [0.25, 0.3) is 5.91 Å². The number of amides is 1. The Bertz CT molecular complexity index is 533. The average Bonchev–Trinajstić information content (AvgIpc) is 2.78. The number of aromatic nitrogens is 2. The molecule has 1 aromatic carbocycles. The highest BCUT2D eigenvalue weighted by Crippen LogP contribution is 2.03. The van der Waals surface area contributed by atoms with Crippen LogP contribution in [0, 0.1) is 5.82 Å². The number of aryl methyl sites for hydroxylation is 1. The van der Waals surface area contributed by atoms with Crippen molar-refractivity contribution in [3.8, 4) is 0 Å². The first-order valence-corrected chi connectivity index (χ1v) is 5.67. The fourth-order valence-electron chi connectivity index (χ4n) is 1.63. The van der Waals surface area contributed by atoms with Gasteiger partial charge in [0, 0.05) is 26.0 Å². The molecule has 0 aliphatic heterocycles. The molecule has 94 valence electrons. The Morgan fingerprint density at radius 1 is 1.39 bits per heavy atom. The fourth-order valence-corrected chi connectivity index (χ4v) is 1.63. The lowest BCUT2D eigenvalue weighted by atomic mass is 10.1. The molecular weight excluding hydrogens is 233 g/mol. The highest BCUT2D eigenvalue weighted by Gasteiger charge is 2.09. The molecule has 2 rings (SSSR count). The molecule has 0 radical (unpaired) electrons. The minimum absolute atomic E-state index is 0.204. The van der Waals surface area contributed by atoms with Crippen molar-refractivity contribution < 1.29 is 9.18 Å². The van der Waals surface area contributed by atoms with Crippen LogP contribution in [0.5, 0.6) is 0 Å². The van der Waals surface area contributed by atoms with Crippen molar-refractivity contribution in [2.45, 2.75) is 6.42 Å². The number of hydrogen-bond acceptors (Lipinski definition) is 2. The molecule has 0 bridgehead atoms. The Morgan fingerprint density at radius 3 is 2.72 bits per heavy atom. The molecule has 0 atom stereocenters. The van der Waals surface area contributed by atoms with Gasteiger partial charge in [-0.05, 0) is 24.1 Å². The Balaban J connectivity index is 1.84. The van der Waals surface area contributed by atoms with Gasteiger partial charge in [-0.15, -0.1) is 0 Å². The molecule has 2 aromatic rings. The second-order valence-electron chi connectivity index (χ2n) is 3.99. The third kappa shape index (κ3) is 2.94. The monoisotopic (exact) mass is 247 g/mol. The summed E-state index contributed by atoms with van der Waals surface area (Å²) < 4.78 is 14.3. The first-order valence-electron chi connectivity index (χ1n) is 5.67. The van der Waals surface area contributed by atoms with Crippen molar-refractivity contribution in [1.29, 1.82) is 0 Å². The fraction of sp³-hybridized carbons (Fsp3) is 0.231. The molecule has 0 aliphatic carbocycles. The zero-order chi connectivity index (χ0) is 13.0. The van der Waals surface area contributed by atoms with Crippen LogP contribution in [0.2, 0.25) is 0 Å². The highest BCUT2D eigenvalue weighted by molar-refractivity contribution is 5.90. The molecule has 1 N–H and O–H groups in total. The van der Waals surface area contributed by atoms with Crippen molar-refractivity contribution in [2.75, 3.05) is 6.54 Å². The quantitative estimate of drug-likeness (QED) is 0.890. The summed E-state index contributed by atoms with van der Waals surface area (Å²) in [7, 11) is 1.77. The number of benzene rings is 1. The summed E-state index contributed by atoms with van der Waals surface area (Å²) in [6.07, 6.45) is 3.96. The van der Waals surface area contributed by atoms with Gasteiger partial charge in [-0.1, -0.05) is 12.1 Å². The van der Waals surface area contributed by atoms with Crippen LogP contribution in [0.4, 0.5) is 4.39 Å². The van der Waals surface area contributed by atoms with E-state index in [0.717, 1.165) is 5.56 Å². The molecule has 0 spiro atoms. The topological polar surface area (TPSA) is 46.9 Å². The van der Waals surface area contributed by atoms with E-state index < -0.39 is 0 Å². The van der Waals surface area contributed by atoms with Crippen LogP contribution in [0.1, 0.15) is 16.2 Å². The maximum absolute atomic E-state index is 12.7. The van der Waals surface area contributed by atoms with Crippen molar-refractivity contribution in [2.24, 2.45) is 7.05 Å². The van der Waals surface area contributed by atoms with E-state index in [4.69, 9.17) is 0 Å². The molecular formula is C13H14FN3O. The molecule has 1 aromatic heterocycles. The van der Waals surface area contributed by atoms with Crippen molar-refractivity contribution in [3.63, 3.8) is 0 Å². The molecule has 0 saturated heterocycles. The number of carbonyl (C=O) groups is 1. The first kappa shape index (κ1) is 12.3. The van der Waals surface area contributed by atoms with E-state index in [-0.39, 0.29) is 11.7 Å². The largest absolute Gasteiger partial charge is 0.349 e. The number of nitrogens with zero attached hydrogens (tertiary/aromatic N) is 2. The van der Waals surface area contributed by atoms with Crippen molar-refractivity contribution >= 4 is 5.91 Å². The first-order chi connectivity index (χ1) is 8.66. The van der Waals surface area contributed by atoms with E-state index in [2.05, 4.69) is 10.3 Å². The van der Waals surface area contributed by atoms with Crippen LogP contribution in [0.3, 0.4) is 0 Å². The molecule has 0 unspecified atom stereocenters. The summed E-state index contributed by atoms with van der Waals surface area (Å²) >= 11 is 0. The van der Waals surface area contributed by atoms with Gasteiger partial charge in [0.15, 0.2) is 5.82 Å². The summed E-state index contributed by atoms with van der Waals surface area (Å²) in [6, 6.07) is 6.25. The van der Waals surface area contributed by atoms with E-state index in [1.807, 2.05) is 0 Å². The van der Waals surface area contributed by atoms with Crippen LogP contribution in [-0.4, -0.2) is 22.0 Å². The molecule has 0 aliphatic rings. The number of nitrogens with one attached hydrogen (secondary N) is 1. The lowest BCUT2D eigenvalue weighted by Gasteiger charge is -2.05. The molecule has 5 heteroatoms. The van der Waals surface area contributed by atoms with Crippen LogP contribution in [0.25, 0.3) is 0 Å². The van der Waals surface area contributed by atoms with Crippen LogP contribution in [0.15, 0.2) is 36.7 Å². The molecule has 4 nitrogen and oxygen atoms in total. The summed E-state index contributed by atoms with van der Waals surface area (Å²) in [5.74, 6) is -0.0745. The number of hydrogen-bond donors (Lipinski definition) is 1. The summed E-state index contributed by atoms with van der Waals surface area (Å²) in [6.45, 7) is 0.497. The lowest BCUT2D eigenvalue weighted by molar-refractivity contribution is 0.0940. The maximum Gasteiger partial charge on any atom is 0.287 e. The number of rotatable bonds is 4. The maximum atomic E-state index is 12.7. The van der Waals surface area contributed by atoms with E-state index in [9.17, 15) is 9.18 Å². The van der Waals surface area contributed by atoms with Gasteiger partial charge in [-0.2, -0.15) is 0 Å². The van der Waals surface area contributed by atoms with E-state index in [1.54, 1.807) is 36.1 Å². The van der Waals surface area contributed by atoms with E-state index in [1.165, 1.54) is 12.1 Å². The SMILES string of the molecule is Cn1ccnc1C(=O)NCCc1ccc(F)cc1. The standard InChI is InChI=1S/C13H14FN3O/c1-17-9-8-15-12(17)13(18)16-7-6-10-2-4-11(14)5-3-10/h2-5,8-9H,6-7H2,1H3,(H,16,18). The highest BCUT2D eigenvalue weighted by atomic mass is 19.1. The minimum atomic E-state index is -0.254. The van der Waals surface area contributed by atoms with Gasteiger partial charge in [-0.3, -0.25) is 4.79 Å². The van der Waals surface area contributed by atoms with Gasteiger partial charge in [0.2, 0.25) is 0 Å². The number of halogens is 1. The minimum Gasteiger partial charge on any atom is -0.349 e. The predicted octanol–water partition coefficient (Wildman–Crippen LogP) is 1.53. The van der Waals surface area contributed by atoms with E-state index >= 15 is 0 Å². The average molecular weight is 247 g/mol. The predicted molar refractivity (Wildman–Crippen MR) is 65.6 cm³/mol. The second kappa shape index (κ2) is 5.44. The third-order valence-electron chi connectivity index (χ3n) is 2.64. The normalized spacial score (nSPS) is 10.3. The number of imidazole rings is 1. The zero-order valence-corrected chi connectivity index (χ0v) is 10.1. The van der Waals surface area contributed by atoms with Gasteiger partial charge >= 0.3 is 0 Å². The van der Waals surface area contributed by atoms with Gasteiger partial charge in [-0.25, -0.2) is 9.37 Å². The van der Waals surface area contributed by atoms with Gasteiger partial charge in [0.05, 0.1) is 0 Å².